The minimum atomic E-state index is 0.692. The minimum Gasteiger partial charge on any atom is -0.151 e. The van der Waals surface area contributed by atoms with Crippen molar-refractivity contribution in [3.8, 4) is 0 Å². The van der Waals surface area contributed by atoms with Gasteiger partial charge in [-0.05, 0) is 17.9 Å². The lowest BCUT2D eigenvalue weighted by molar-refractivity contribution is 1.11. The molecular weight excluding hydrogens is 248 g/mol. The van der Waals surface area contributed by atoms with Gasteiger partial charge in [-0.25, -0.2) is 0 Å². The SMILES string of the molecule is CC(=S1CCCSC1)[S+]1CCCSC1. The summed E-state index contributed by atoms with van der Waals surface area (Å²) in [4.78, 5) is 0. The van der Waals surface area contributed by atoms with Crippen molar-refractivity contribution in [1.29, 1.82) is 0 Å². The first kappa shape index (κ1) is 11.7. The fraction of sp³-hybridized carbons (Fsp3) is 0.900. The van der Waals surface area contributed by atoms with Crippen LogP contribution in [0.15, 0.2) is 0 Å². The van der Waals surface area contributed by atoms with E-state index in [9.17, 15) is 0 Å². The molecule has 2 unspecified atom stereocenters. The van der Waals surface area contributed by atoms with Gasteiger partial charge in [0.2, 0.25) is 0 Å². The molecule has 2 atom stereocenters. The Kier molecular flexibility index (Phi) is 5.13. The van der Waals surface area contributed by atoms with E-state index in [0.717, 1.165) is 0 Å². The van der Waals surface area contributed by atoms with E-state index in [2.05, 4.69) is 30.4 Å². The zero-order valence-corrected chi connectivity index (χ0v) is 12.1. The first-order valence-corrected chi connectivity index (χ1v) is 10.7. The number of hydrogen-bond donors (Lipinski definition) is 0. The number of thioether (sulfide) groups is 2. The molecule has 2 aliphatic rings. The van der Waals surface area contributed by atoms with Gasteiger partial charge in [-0.1, -0.05) is 0 Å². The fourth-order valence-electron chi connectivity index (χ4n) is 1.73. The molecular formula is C10H19S4+. The van der Waals surface area contributed by atoms with Crippen LogP contribution in [0.25, 0.3) is 0 Å². The van der Waals surface area contributed by atoms with Crippen molar-refractivity contribution in [2.45, 2.75) is 19.8 Å². The highest BCUT2D eigenvalue weighted by atomic mass is 32.3. The smallest absolute Gasteiger partial charge is 0.151 e. The van der Waals surface area contributed by atoms with E-state index in [0.29, 0.717) is 21.4 Å². The predicted octanol–water partition coefficient (Wildman–Crippen LogP) is 3.21. The highest BCUT2D eigenvalue weighted by Gasteiger charge is 2.27. The van der Waals surface area contributed by atoms with Gasteiger partial charge in [-0.3, -0.25) is 0 Å². The molecule has 0 aliphatic carbocycles. The van der Waals surface area contributed by atoms with Gasteiger partial charge in [0.1, 0.15) is 5.75 Å². The summed E-state index contributed by atoms with van der Waals surface area (Å²) >= 11 is 4.37. The molecule has 82 valence electrons. The Labute approximate surface area is 102 Å². The monoisotopic (exact) mass is 267 g/mol. The van der Waals surface area contributed by atoms with E-state index in [1.54, 1.807) is 0 Å². The Hall–Kier alpha value is 1.27. The second kappa shape index (κ2) is 6.12. The van der Waals surface area contributed by atoms with Crippen LogP contribution in [-0.4, -0.2) is 37.4 Å². The van der Waals surface area contributed by atoms with Crippen LogP contribution in [0.4, 0.5) is 0 Å². The standard InChI is InChI=1S/C10H19S4/c1-10(13-6-2-4-11-8-13)14-7-3-5-12-9-14/h2-9H2,1H3/q+1. The lowest BCUT2D eigenvalue weighted by Gasteiger charge is -2.20. The minimum absolute atomic E-state index is 0.692. The predicted molar refractivity (Wildman–Crippen MR) is 79.3 cm³/mol. The molecule has 0 nitrogen and oxygen atoms in total. The van der Waals surface area contributed by atoms with E-state index in [1.165, 1.54) is 46.0 Å². The summed E-state index contributed by atoms with van der Waals surface area (Å²) in [6, 6.07) is 0. The van der Waals surface area contributed by atoms with E-state index in [4.69, 9.17) is 0 Å². The molecule has 0 N–H and O–H groups in total. The second-order valence-electron chi connectivity index (χ2n) is 3.64. The molecule has 0 aromatic carbocycles. The Morgan fingerprint density at radius 1 is 1.21 bits per heavy atom. The van der Waals surface area contributed by atoms with E-state index in [1.807, 2.05) is 4.20 Å². The normalized spacial score (nSPS) is 35.4. The highest BCUT2D eigenvalue weighted by Crippen LogP contribution is 2.33. The van der Waals surface area contributed by atoms with Gasteiger partial charge >= 0.3 is 0 Å². The van der Waals surface area contributed by atoms with Gasteiger partial charge in [-0.2, -0.15) is 11.8 Å². The summed E-state index contributed by atoms with van der Waals surface area (Å²) in [6.45, 7) is 2.46. The Balaban J connectivity index is 1.99. The van der Waals surface area contributed by atoms with Crippen molar-refractivity contribution in [2.75, 3.05) is 33.2 Å². The van der Waals surface area contributed by atoms with Crippen molar-refractivity contribution in [2.24, 2.45) is 0 Å². The van der Waals surface area contributed by atoms with Crippen LogP contribution in [0.2, 0.25) is 0 Å². The maximum absolute atomic E-state index is 2.46. The van der Waals surface area contributed by atoms with Gasteiger partial charge in [-0.15, -0.1) is 22.2 Å². The largest absolute Gasteiger partial charge is 0.159 e. The van der Waals surface area contributed by atoms with Crippen LogP contribution in [0.1, 0.15) is 19.8 Å². The van der Waals surface area contributed by atoms with E-state index < -0.39 is 0 Å². The maximum Gasteiger partial charge on any atom is 0.159 e. The van der Waals surface area contributed by atoms with Crippen molar-refractivity contribution in [3.05, 3.63) is 0 Å². The molecule has 0 amide bonds. The van der Waals surface area contributed by atoms with Crippen molar-refractivity contribution in [3.63, 3.8) is 0 Å². The van der Waals surface area contributed by atoms with Crippen LogP contribution < -0.4 is 0 Å². The first-order chi connectivity index (χ1) is 6.88. The van der Waals surface area contributed by atoms with Gasteiger partial charge in [0.15, 0.2) is 9.28 Å². The molecule has 2 aliphatic heterocycles. The van der Waals surface area contributed by atoms with Crippen LogP contribution in [0, 0.1) is 0 Å². The summed E-state index contributed by atoms with van der Waals surface area (Å²) in [5, 5.41) is 2.89. The van der Waals surface area contributed by atoms with Crippen LogP contribution in [0.5, 0.6) is 0 Å². The molecule has 2 heterocycles. The maximum atomic E-state index is 2.46. The molecule has 0 radical (unpaired) electrons. The summed E-state index contributed by atoms with van der Waals surface area (Å²) in [7, 11) is 1.38. The molecule has 0 bridgehead atoms. The zero-order chi connectivity index (χ0) is 9.80. The van der Waals surface area contributed by atoms with Crippen molar-refractivity contribution >= 4 is 49.1 Å². The average molecular weight is 268 g/mol. The average Bonchev–Trinajstić information content (AvgIpc) is 2.30. The molecule has 0 saturated carbocycles. The summed E-state index contributed by atoms with van der Waals surface area (Å²) < 4.78 is 1.89. The third-order valence-corrected chi connectivity index (χ3v) is 12.0. The lowest BCUT2D eigenvalue weighted by Crippen LogP contribution is -2.24. The molecule has 0 spiro atoms. The van der Waals surface area contributed by atoms with Crippen LogP contribution in [0.3, 0.4) is 0 Å². The second-order valence-corrected chi connectivity index (χ2v) is 11.4. The topological polar surface area (TPSA) is 0 Å². The molecule has 0 aromatic rings. The lowest BCUT2D eigenvalue weighted by atomic mass is 10.6. The summed E-state index contributed by atoms with van der Waals surface area (Å²) in [5.41, 5.74) is 0. The molecule has 0 aromatic heterocycles. The number of hydrogen-bond acceptors (Lipinski definition) is 2. The van der Waals surface area contributed by atoms with Gasteiger partial charge < -0.3 is 0 Å². The third kappa shape index (κ3) is 3.13. The quantitative estimate of drug-likeness (QED) is 0.488. The summed E-state index contributed by atoms with van der Waals surface area (Å²) in [6.07, 6.45) is 2.94. The number of rotatable bonds is 0. The molecule has 2 saturated heterocycles. The van der Waals surface area contributed by atoms with Crippen molar-refractivity contribution < 1.29 is 0 Å². The van der Waals surface area contributed by atoms with Gasteiger partial charge in [0, 0.05) is 35.1 Å². The van der Waals surface area contributed by atoms with E-state index in [-0.39, 0.29) is 0 Å². The van der Waals surface area contributed by atoms with Gasteiger partial charge in [0.25, 0.3) is 0 Å². The van der Waals surface area contributed by atoms with Crippen molar-refractivity contribution in [1.82, 2.24) is 0 Å². The Morgan fingerprint density at radius 2 is 2.07 bits per heavy atom. The summed E-state index contributed by atoms with van der Waals surface area (Å²) in [5.74, 6) is 5.85. The fourth-order valence-corrected chi connectivity index (χ4v) is 11.9. The van der Waals surface area contributed by atoms with E-state index >= 15 is 0 Å². The Morgan fingerprint density at radius 3 is 2.71 bits per heavy atom. The zero-order valence-electron chi connectivity index (χ0n) is 8.79. The first-order valence-electron chi connectivity index (χ1n) is 5.22. The highest BCUT2D eigenvalue weighted by molar-refractivity contribution is 8.38. The van der Waals surface area contributed by atoms with Crippen LogP contribution in [-0.2, 0) is 10.9 Å². The molecule has 2 rings (SSSR count). The Bertz CT molecular complexity index is 210. The molecule has 4 heteroatoms. The molecule has 14 heavy (non-hydrogen) atoms. The van der Waals surface area contributed by atoms with Gasteiger partial charge in [0.05, 0.1) is 0 Å². The molecule has 2 fully saturated rings. The third-order valence-electron chi connectivity index (χ3n) is 2.62. The van der Waals surface area contributed by atoms with Crippen LogP contribution >= 0.6 is 34.0 Å².